The van der Waals surface area contributed by atoms with Crippen LogP contribution in [-0.2, 0) is 0 Å². The van der Waals surface area contributed by atoms with Crippen LogP contribution >= 0.6 is 11.8 Å². The van der Waals surface area contributed by atoms with Crippen LogP contribution in [0.3, 0.4) is 0 Å². The minimum atomic E-state index is 0.832. The molecule has 2 rings (SSSR count). The summed E-state index contributed by atoms with van der Waals surface area (Å²) in [4.78, 5) is 9.93. The van der Waals surface area contributed by atoms with Crippen LogP contribution in [-0.4, -0.2) is 73.6 Å². The molecular weight excluding hydrogens is 280 g/mol. The molecule has 2 aliphatic rings. The summed E-state index contributed by atoms with van der Waals surface area (Å²) in [6.45, 7) is 10.4. The quantitative estimate of drug-likeness (QED) is 0.443. The molecule has 0 aromatic heterocycles. The molecule has 2 fully saturated rings. The number of hydrogen-bond acceptors (Lipinski definition) is 3. The van der Waals surface area contributed by atoms with Gasteiger partial charge < -0.3 is 15.1 Å². The summed E-state index contributed by atoms with van der Waals surface area (Å²) in [6.07, 6.45) is 7.47. The van der Waals surface area contributed by atoms with Crippen LogP contribution in [0.25, 0.3) is 0 Å². The lowest BCUT2D eigenvalue weighted by atomic mass is 10.1. The number of hydrogen-bond donors (Lipinski definition) is 1. The molecule has 2 heterocycles. The van der Waals surface area contributed by atoms with Gasteiger partial charge in [0, 0.05) is 32.7 Å². The van der Waals surface area contributed by atoms with Gasteiger partial charge in [-0.1, -0.05) is 0 Å². The van der Waals surface area contributed by atoms with Gasteiger partial charge in [-0.15, -0.1) is 0 Å². The fraction of sp³-hybridized carbons (Fsp3) is 0.938. The lowest BCUT2D eigenvalue weighted by Gasteiger charge is -2.23. The molecule has 1 atom stereocenters. The van der Waals surface area contributed by atoms with Crippen molar-refractivity contribution in [1.29, 1.82) is 0 Å². The number of nitrogens with zero attached hydrogens (tertiary/aromatic N) is 3. The second kappa shape index (κ2) is 9.57. The first-order chi connectivity index (χ1) is 10.3. The second-order valence-electron chi connectivity index (χ2n) is 6.19. The Bertz CT molecular complexity index is 315. The summed E-state index contributed by atoms with van der Waals surface area (Å²) >= 11 is 1.91. The second-order valence-corrected chi connectivity index (χ2v) is 7.18. The highest BCUT2D eigenvalue weighted by Crippen LogP contribution is 2.20. The number of nitrogens with one attached hydrogen (secondary N) is 1. The zero-order chi connectivity index (χ0) is 14.9. The molecule has 0 aliphatic carbocycles. The van der Waals surface area contributed by atoms with E-state index in [4.69, 9.17) is 4.99 Å². The summed E-state index contributed by atoms with van der Waals surface area (Å²) in [5, 5.41) is 3.47. The molecule has 0 bridgehead atoms. The minimum Gasteiger partial charge on any atom is -0.357 e. The van der Waals surface area contributed by atoms with Crippen LogP contribution in [0.2, 0.25) is 0 Å². The largest absolute Gasteiger partial charge is 0.357 e. The van der Waals surface area contributed by atoms with E-state index in [1.54, 1.807) is 0 Å². The maximum Gasteiger partial charge on any atom is 0.193 e. The Morgan fingerprint density at radius 3 is 2.81 bits per heavy atom. The normalized spacial score (nSPS) is 24.0. The van der Waals surface area contributed by atoms with E-state index in [0.717, 1.165) is 25.0 Å². The number of likely N-dealkylation sites (tertiary alicyclic amines) is 2. The van der Waals surface area contributed by atoms with Gasteiger partial charge >= 0.3 is 0 Å². The molecule has 0 aromatic carbocycles. The van der Waals surface area contributed by atoms with Crippen molar-refractivity contribution in [3.63, 3.8) is 0 Å². The zero-order valence-electron chi connectivity index (χ0n) is 13.8. The van der Waals surface area contributed by atoms with E-state index in [2.05, 4.69) is 28.3 Å². The Morgan fingerprint density at radius 1 is 1.29 bits per heavy atom. The molecule has 2 aliphatic heterocycles. The number of aliphatic imine (C=N–C) groups is 1. The van der Waals surface area contributed by atoms with E-state index in [0.29, 0.717) is 0 Å². The molecule has 2 saturated heterocycles. The maximum atomic E-state index is 4.80. The maximum absolute atomic E-state index is 4.80. The Kier molecular flexibility index (Phi) is 7.72. The monoisotopic (exact) mass is 312 g/mol. The van der Waals surface area contributed by atoms with Crippen molar-refractivity contribution < 1.29 is 0 Å². The molecular formula is C16H32N4S. The van der Waals surface area contributed by atoms with Crippen LogP contribution in [0, 0.1) is 5.92 Å². The minimum absolute atomic E-state index is 0.832. The summed E-state index contributed by atoms with van der Waals surface area (Å²) in [6, 6.07) is 0. The van der Waals surface area contributed by atoms with Gasteiger partial charge in [0.2, 0.25) is 0 Å². The average Bonchev–Trinajstić information content (AvgIpc) is 3.15. The van der Waals surface area contributed by atoms with E-state index < -0.39 is 0 Å². The van der Waals surface area contributed by atoms with E-state index in [1.165, 1.54) is 64.2 Å². The average molecular weight is 313 g/mol. The first-order valence-electron chi connectivity index (χ1n) is 8.58. The fourth-order valence-corrected chi connectivity index (χ4v) is 3.74. The Labute approximate surface area is 134 Å². The summed E-state index contributed by atoms with van der Waals surface area (Å²) in [5.41, 5.74) is 0. The van der Waals surface area contributed by atoms with Crippen molar-refractivity contribution in [2.75, 3.05) is 57.8 Å². The van der Waals surface area contributed by atoms with E-state index >= 15 is 0 Å². The molecule has 0 radical (unpaired) electrons. The fourth-order valence-electron chi connectivity index (χ4n) is 3.32. The Morgan fingerprint density at radius 2 is 2.10 bits per heavy atom. The third-order valence-corrected chi connectivity index (χ3v) is 5.10. The number of guanidine groups is 1. The molecule has 1 N–H and O–H groups in total. The van der Waals surface area contributed by atoms with Gasteiger partial charge in [-0.3, -0.25) is 4.99 Å². The molecule has 1 unspecified atom stereocenters. The van der Waals surface area contributed by atoms with Gasteiger partial charge in [0.1, 0.15) is 0 Å². The standard InChI is InChI=1S/C16H32N4S/c1-3-17-16(18-8-6-12-21-2)20-11-7-15(14-20)13-19-9-4-5-10-19/h15H,3-14H2,1-2H3,(H,17,18). The first kappa shape index (κ1) is 16.9. The molecule has 122 valence electrons. The lowest BCUT2D eigenvalue weighted by molar-refractivity contribution is 0.281. The molecule has 21 heavy (non-hydrogen) atoms. The molecule has 0 amide bonds. The van der Waals surface area contributed by atoms with Gasteiger partial charge in [-0.05, 0) is 63.6 Å². The lowest BCUT2D eigenvalue weighted by Crippen LogP contribution is -2.40. The molecule has 0 aromatic rings. The highest BCUT2D eigenvalue weighted by molar-refractivity contribution is 7.98. The third-order valence-electron chi connectivity index (χ3n) is 4.40. The molecule has 0 spiro atoms. The van der Waals surface area contributed by atoms with Crippen molar-refractivity contribution in [3.8, 4) is 0 Å². The van der Waals surface area contributed by atoms with Gasteiger partial charge in [-0.25, -0.2) is 0 Å². The predicted molar refractivity (Wildman–Crippen MR) is 94.3 cm³/mol. The van der Waals surface area contributed by atoms with Gasteiger partial charge in [0.15, 0.2) is 5.96 Å². The van der Waals surface area contributed by atoms with Crippen LogP contribution in [0.1, 0.15) is 32.6 Å². The van der Waals surface area contributed by atoms with Gasteiger partial charge in [-0.2, -0.15) is 11.8 Å². The van der Waals surface area contributed by atoms with Crippen molar-refractivity contribution in [2.24, 2.45) is 10.9 Å². The molecule has 4 nitrogen and oxygen atoms in total. The van der Waals surface area contributed by atoms with Gasteiger partial charge in [0.05, 0.1) is 0 Å². The summed E-state index contributed by atoms with van der Waals surface area (Å²) in [7, 11) is 0. The van der Waals surface area contributed by atoms with Crippen LogP contribution < -0.4 is 5.32 Å². The third kappa shape index (κ3) is 5.70. The highest BCUT2D eigenvalue weighted by Gasteiger charge is 2.27. The highest BCUT2D eigenvalue weighted by atomic mass is 32.2. The van der Waals surface area contributed by atoms with Crippen molar-refractivity contribution in [1.82, 2.24) is 15.1 Å². The Balaban J connectivity index is 1.77. The van der Waals surface area contributed by atoms with Crippen LogP contribution in [0.4, 0.5) is 0 Å². The predicted octanol–water partition coefficient (Wildman–Crippen LogP) is 2.12. The zero-order valence-corrected chi connectivity index (χ0v) is 14.6. The first-order valence-corrected chi connectivity index (χ1v) is 9.97. The molecule has 5 heteroatoms. The van der Waals surface area contributed by atoms with E-state index in [1.807, 2.05) is 11.8 Å². The number of thioether (sulfide) groups is 1. The van der Waals surface area contributed by atoms with E-state index in [-0.39, 0.29) is 0 Å². The summed E-state index contributed by atoms with van der Waals surface area (Å²) < 4.78 is 0. The van der Waals surface area contributed by atoms with Crippen molar-refractivity contribution in [3.05, 3.63) is 0 Å². The van der Waals surface area contributed by atoms with Crippen molar-refractivity contribution >= 4 is 17.7 Å². The topological polar surface area (TPSA) is 30.9 Å². The molecule has 0 saturated carbocycles. The van der Waals surface area contributed by atoms with Crippen molar-refractivity contribution in [2.45, 2.75) is 32.6 Å². The Hall–Kier alpha value is -0.420. The van der Waals surface area contributed by atoms with Gasteiger partial charge in [0.25, 0.3) is 0 Å². The van der Waals surface area contributed by atoms with E-state index in [9.17, 15) is 0 Å². The smallest absolute Gasteiger partial charge is 0.193 e. The SMILES string of the molecule is CCNC(=NCCCSC)N1CCC(CN2CCCC2)C1. The van der Waals surface area contributed by atoms with Crippen LogP contribution in [0.15, 0.2) is 4.99 Å². The number of rotatable bonds is 7. The summed E-state index contributed by atoms with van der Waals surface area (Å²) in [5.74, 6) is 3.18. The van der Waals surface area contributed by atoms with Crippen LogP contribution in [0.5, 0.6) is 0 Å².